The van der Waals surface area contributed by atoms with Crippen LogP contribution in [0.4, 0.5) is 0 Å². The Morgan fingerprint density at radius 1 is 1.00 bits per heavy atom. The first kappa shape index (κ1) is 18.8. The van der Waals surface area contributed by atoms with Gasteiger partial charge in [-0.05, 0) is 48.9 Å². The molecule has 2 aromatic heterocycles. The predicted molar refractivity (Wildman–Crippen MR) is 123 cm³/mol. The Morgan fingerprint density at radius 2 is 1.87 bits per heavy atom. The van der Waals surface area contributed by atoms with E-state index in [1.54, 1.807) is 30.7 Å². The molecule has 0 bridgehead atoms. The summed E-state index contributed by atoms with van der Waals surface area (Å²) < 4.78 is 29.2. The van der Waals surface area contributed by atoms with Crippen molar-refractivity contribution in [3.8, 4) is 0 Å². The second-order valence-corrected chi connectivity index (χ2v) is 10.2. The molecule has 0 saturated carbocycles. The highest BCUT2D eigenvalue weighted by atomic mass is 32.2. The molecule has 31 heavy (non-hydrogen) atoms. The van der Waals surface area contributed by atoms with E-state index in [-0.39, 0.29) is 0 Å². The van der Waals surface area contributed by atoms with Crippen LogP contribution in [0.3, 0.4) is 0 Å². The van der Waals surface area contributed by atoms with Crippen LogP contribution in [0.2, 0.25) is 0 Å². The van der Waals surface area contributed by atoms with Gasteiger partial charge in [-0.15, -0.1) is 0 Å². The average molecular weight is 430 g/mol. The monoisotopic (exact) mass is 429 g/mol. The number of hydrogen-bond donors (Lipinski definition) is 0. The van der Waals surface area contributed by atoms with Crippen LogP contribution >= 0.6 is 0 Å². The summed E-state index contributed by atoms with van der Waals surface area (Å²) in [6, 6.07) is 15.4. The van der Waals surface area contributed by atoms with Crippen LogP contribution in [-0.4, -0.2) is 41.4 Å². The smallest absolute Gasteiger partial charge is 0.268 e. The van der Waals surface area contributed by atoms with Gasteiger partial charge in [0, 0.05) is 47.5 Å². The van der Waals surface area contributed by atoms with Crippen LogP contribution in [0.5, 0.6) is 0 Å². The van der Waals surface area contributed by atoms with E-state index in [1.807, 2.05) is 36.4 Å². The van der Waals surface area contributed by atoms with Crippen LogP contribution in [-0.2, 0) is 10.0 Å². The first-order valence-electron chi connectivity index (χ1n) is 10.7. The predicted octanol–water partition coefficient (Wildman–Crippen LogP) is 4.68. The van der Waals surface area contributed by atoms with Crippen molar-refractivity contribution in [3.05, 3.63) is 78.8 Å². The maximum Gasteiger partial charge on any atom is 0.268 e. The molecule has 2 aliphatic rings. The Labute approximate surface area is 181 Å². The topological polar surface area (TPSA) is 55.2 Å². The minimum Gasteiger partial charge on any atom is -0.296 e. The Bertz CT molecular complexity index is 1450. The third kappa shape index (κ3) is 2.93. The SMILES string of the molecule is O=S(=O)(c1cccc2ccccc12)n1cc(C2=CCN3CCCC3C2)c2cnccc21. The van der Waals surface area contributed by atoms with Crippen molar-refractivity contribution in [2.75, 3.05) is 13.1 Å². The fourth-order valence-electron chi connectivity index (χ4n) is 5.18. The minimum absolute atomic E-state index is 0.324. The Kier molecular flexibility index (Phi) is 4.26. The number of nitrogens with zero attached hydrogens (tertiary/aromatic N) is 3. The van der Waals surface area contributed by atoms with Gasteiger partial charge in [0.2, 0.25) is 0 Å². The second kappa shape index (κ2) is 7.04. The van der Waals surface area contributed by atoms with Gasteiger partial charge < -0.3 is 0 Å². The van der Waals surface area contributed by atoms with Crippen LogP contribution in [0, 0.1) is 0 Å². The quantitative estimate of drug-likeness (QED) is 0.475. The van der Waals surface area contributed by atoms with Gasteiger partial charge in [-0.2, -0.15) is 0 Å². The van der Waals surface area contributed by atoms with Crippen LogP contribution in [0.1, 0.15) is 24.8 Å². The van der Waals surface area contributed by atoms with E-state index in [0.717, 1.165) is 41.2 Å². The Balaban J connectivity index is 1.54. The Morgan fingerprint density at radius 3 is 2.81 bits per heavy atom. The number of rotatable bonds is 3. The van der Waals surface area contributed by atoms with E-state index >= 15 is 0 Å². The molecule has 2 aromatic carbocycles. The van der Waals surface area contributed by atoms with Crippen molar-refractivity contribution >= 4 is 37.3 Å². The highest BCUT2D eigenvalue weighted by Gasteiger charge is 2.30. The number of benzene rings is 2. The van der Waals surface area contributed by atoms with Crippen molar-refractivity contribution in [1.29, 1.82) is 0 Å². The molecule has 0 radical (unpaired) electrons. The standard InChI is InChI=1S/C25H23N3O2S/c29-31(30,25-9-3-6-18-5-1-2-8-21(18)25)28-17-23(22-16-26-12-10-24(22)28)19-11-14-27-13-4-7-20(27)15-19/h1-3,5-6,8-12,16-17,20H,4,7,13-15H2. The normalized spacial score (nSPS) is 19.6. The molecular weight excluding hydrogens is 406 g/mol. The fraction of sp³-hybridized carbons (Fsp3) is 0.240. The molecule has 156 valence electrons. The van der Waals surface area contributed by atoms with Crippen molar-refractivity contribution < 1.29 is 8.42 Å². The number of aromatic nitrogens is 2. The lowest BCUT2D eigenvalue weighted by atomic mass is 9.94. The molecular formula is C25H23N3O2S. The number of pyridine rings is 1. The number of fused-ring (bicyclic) bond motifs is 3. The first-order chi connectivity index (χ1) is 15.1. The fourth-order valence-corrected chi connectivity index (χ4v) is 6.76. The molecule has 0 N–H and O–H groups in total. The molecule has 1 atom stereocenters. The molecule has 1 unspecified atom stereocenters. The molecule has 1 fully saturated rings. The van der Waals surface area contributed by atoms with Gasteiger partial charge >= 0.3 is 0 Å². The summed E-state index contributed by atoms with van der Waals surface area (Å²) in [5, 5.41) is 2.54. The van der Waals surface area contributed by atoms with Gasteiger partial charge in [0.25, 0.3) is 10.0 Å². The molecule has 5 nitrogen and oxygen atoms in total. The van der Waals surface area contributed by atoms with E-state index in [9.17, 15) is 8.42 Å². The molecule has 6 rings (SSSR count). The zero-order valence-electron chi connectivity index (χ0n) is 17.1. The Hall–Kier alpha value is -2.96. The van der Waals surface area contributed by atoms with Crippen LogP contribution in [0.15, 0.2) is 78.1 Å². The molecule has 0 aliphatic carbocycles. The summed E-state index contributed by atoms with van der Waals surface area (Å²) >= 11 is 0. The van der Waals surface area contributed by atoms with Gasteiger partial charge in [-0.1, -0.05) is 42.5 Å². The van der Waals surface area contributed by atoms with E-state index < -0.39 is 10.0 Å². The maximum absolute atomic E-state index is 13.9. The highest BCUT2D eigenvalue weighted by Crippen LogP contribution is 2.37. The third-order valence-corrected chi connectivity index (χ3v) is 8.46. The van der Waals surface area contributed by atoms with Gasteiger partial charge in [0.15, 0.2) is 0 Å². The molecule has 4 heterocycles. The van der Waals surface area contributed by atoms with E-state index in [1.165, 1.54) is 22.4 Å². The third-order valence-electron chi connectivity index (χ3n) is 6.73. The second-order valence-electron chi connectivity index (χ2n) is 8.44. The van der Waals surface area contributed by atoms with Gasteiger partial charge in [-0.25, -0.2) is 12.4 Å². The minimum atomic E-state index is -3.78. The zero-order valence-corrected chi connectivity index (χ0v) is 17.9. The van der Waals surface area contributed by atoms with Crippen LogP contribution < -0.4 is 0 Å². The van der Waals surface area contributed by atoms with E-state index in [2.05, 4.69) is 16.0 Å². The molecule has 2 aliphatic heterocycles. The van der Waals surface area contributed by atoms with Gasteiger partial charge in [-0.3, -0.25) is 9.88 Å². The summed E-state index contributed by atoms with van der Waals surface area (Å²) in [6.07, 6.45) is 10.9. The van der Waals surface area contributed by atoms with Gasteiger partial charge in [0.05, 0.1) is 10.4 Å². The molecule has 0 spiro atoms. The first-order valence-corrected chi connectivity index (χ1v) is 12.2. The molecule has 6 heteroatoms. The summed E-state index contributed by atoms with van der Waals surface area (Å²) in [5.41, 5.74) is 2.89. The van der Waals surface area contributed by atoms with Crippen molar-refractivity contribution in [1.82, 2.24) is 13.9 Å². The highest BCUT2D eigenvalue weighted by molar-refractivity contribution is 7.90. The zero-order chi connectivity index (χ0) is 21.0. The van der Waals surface area contributed by atoms with Crippen molar-refractivity contribution in [3.63, 3.8) is 0 Å². The molecule has 4 aromatic rings. The number of hydrogen-bond acceptors (Lipinski definition) is 4. The average Bonchev–Trinajstić information content (AvgIpc) is 3.43. The lowest BCUT2D eigenvalue weighted by Gasteiger charge is -2.29. The molecule has 1 saturated heterocycles. The van der Waals surface area contributed by atoms with E-state index in [0.29, 0.717) is 16.5 Å². The van der Waals surface area contributed by atoms with Crippen LogP contribution in [0.25, 0.3) is 27.2 Å². The summed E-state index contributed by atoms with van der Waals surface area (Å²) in [5.74, 6) is 0. The summed E-state index contributed by atoms with van der Waals surface area (Å²) in [4.78, 5) is 7.15. The molecule has 0 amide bonds. The van der Waals surface area contributed by atoms with E-state index in [4.69, 9.17) is 0 Å². The lowest BCUT2D eigenvalue weighted by Crippen LogP contribution is -2.32. The largest absolute Gasteiger partial charge is 0.296 e. The maximum atomic E-state index is 13.9. The van der Waals surface area contributed by atoms with Crippen molar-refractivity contribution in [2.45, 2.75) is 30.2 Å². The summed E-state index contributed by atoms with van der Waals surface area (Å²) in [7, 11) is -3.78. The lowest BCUT2D eigenvalue weighted by molar-refractivity contribution is 0.275. The van der Waals surface area contributed by atoms with Gasteiger partial charge in [0.1, 0.15) is 0 Å². The van der Waals surface area contributed by atoms with Crippen molar-refractivity contribution in [2.24, 2.45) is 0 Å². The summed E-state index contributed by atoms with van der Waals surface area (Å²) in [6.45, 7) is 2.09.